The fourth-order valence-electron chi connectivity index (χ4n) is 5.22. The SMILES string of the molecule is CN(C)c1ccc(CN2CC[C@H]3[C@H]2C(=O)NC[C@H](CCC(=O)N2CCOCC2)N3C)cc1. The maximum atomic E-state index is 13.0. The third kappa shape index (κ3) is 5.08. The Hall–Kier alpha value is -2.16. The van der Waals surface area contributed by atoms with Gasteiger partial charge in [0.1, 0.15) is 6.04 Å². The Morgan fingerprint density at radius 3 is 2.56 bits per heavy atom. The molecule has 8 heteroatoms. The van der Waals surface area contributed by atoms with E-state index in [-0.39, 0.29) is 29.9 Å². The number of hydrogen-bond acceptors (Lipinski definition) is 6. The number of likely N-dealkylation sites (tertiary alicyclic amines) is 1. The Kier molecular flexibility index (Phi) is 7.33. The van der Waals surface area contributed by atoms with Gasteiger partial charge in [-0.25, -0.2) is 0 Å². The molecule has 3 saturated heterocycles. The van der Waals surface area contributed by atoms with Crippen LogP contribution in [-0.4, -0.2) is 105 Å². The molecule has 1 aromatic rings. The van der Waals surface area contributed by atoms with E-state index in [1.54, 1.807) is 0 Å². The molecule has 0 unspecified atom stereocenters. The predicted molar refractivity (Wildman–Crippen MR) is 125 cm³/mol. The summed E-state index contributed by atoms with van der Waals surface area (Å²) >= 11 is 0. The van der Waals surface area contributed by atoms with Gasteiger partial charge in [-0.1, -0.05) is 12.1 Å². The van der Waals surface area contributed by atoms with Crippen molar-refractivity contribution in [2.24, 2.45) is 0 Å². The lowest BCUT2D eigenvalue weighted by Gasteiger charge is -2.33. The van der Waals surface area contributed by atoms with Crippen molar-refractivity contribution in [2.75, 3.05) is 65.4 Å². The van der Waals surface area contributed by atoms with Crippen LogP contribution in [0.15, 0.2) is 24.3 Å². The van der Waals surface area contributed by atoms with Crippen LogP contribution in [0.4, 0.5) is 5.69 Å². The molecule has 176 valence electrons. The Labute approximate surface area is 191 Å². The van der Waals surface area contributed by atoms with Crippen LogP contribution in [0.3, 0.4) is 0 Å². The maximum Gasteiger partial charge on any atom is 0.239 e. The number of ether oxygens (including phenoxy) is 1. The number of carbonyl (C=O) groups is 2. The summed E-state index contributed by atoms with van der Waals surface area (Å²) in [5, 5.41) is 3.17. The number of morpholine rings is 1. The van der Waals surface area contributed by atoms with Crippen LogP contribution in [-0.2, 0) is 20.9 Å². The highest BCUT2D eigenvalue weighted by molar-refractivity contribution is 5.83. The highest BCUT2D eigenvalue weighted by Crippen LogP contribution is 2.29. The van der Waals surface area contributed by atoms with Crippen molar-refractivity contribution in [1.29, 1.82) is 0 Å². The number of fused-ring (bicyclic) bond motifs is 1. The largest absolute Gasteiger partial charge is 0.378 e. The minimum atomic E-state index is -0.145. The zero-order valence-electron chi connectivity index (χ0n) is 19.6. The third-order valence-electron chi connectivity index (χ3n) is 7.24. The number of rotatable bonds is 6. The average Bonchev–Trinajstić information content (AvgIpc) is 3.17. The van der Waals surface area contributed by atoms with E-state index in [0.717, 1.165) is 25.9 Å². The first-order valence-corrected chi connectivity index (χ1v) is 11.8. The van der Waals surface area contributed by atoms with E-state index >= 15 is 0 Å². The van der Waals surface area contributed by atoms with E-state index in [4.69, 9.17) is 4.74 Å². The van der Waals surface area contributed by atoms with Crippen molar-refractivity contribution in [3.05, 3.63) is 29.8 Å². The number of carbonyl (C=O) groups excluding carboxylic acids is 2. The van der Waals surface area contributed by atoms with Crippen molar-refractivity contribution in [3.8, 4) is 0 Å². The molecular weight excluding hydrogens is 406 g/mol. The molecule has 3 atom stereocenters. The zero-order chi connectivity index (χ0) is 22.7. The van der Waals surface area contributed by atoms with Gasteiger partial charge < -0.3 is 19.9 Å². The molecule has 0 aliphatic carbocycles. The summed E-state index contributed by atoms with van der Waals surface area (Å²) in [5.74, 6) is 0.314. The molecule has 1 N–H and O–H groups in total. The lowest BCUT2D eigenvalue weighted by Crippen LogP contribution is -2.49. The average molecular weight is 444 g/mol. The molecule has 1 aromatic carbocycles. The van der Waals surface area contributed by atoms with E-state index in [1.165, 1.54) is 11.3 Å². The third-order valence-corrected chi connectivity index (χ3v) is 7.24. The van der Waals surface area contributed by atoms with Gasteiger partial charge in [0.25, 0.3) is 0 Å². The smallest absolute Gasteiger partial charge is 0.239 e. The molecule has 32 heavy (non-hydrogen) atoms. The molecule has 3 heterocycles. The second-order valence-corrected chi connectivity index (χ2v) is 9.43. The fourth-order valence-corrected chi connectivity index (χ4v) is 5.22. The summed E-state index contributed by atoms with van der Waals surface area (Å²) in [6.07, 6.45) is 2.25. The van der Waals surface area contributed by atoms with Crippen LogP contribution in [0.25, 0.3) is 0 Å². The molecule has 3 fully saturated rings. The van der Waals surface area contributed by atoms with E-state index in [9.17, 15) is 9.59 Å². The molecule has 2 amide bonds. The number of nitrogens with zero attached hydrogens (tertiary/aromatic N) is 4. The lowest BCUT2D eigenvalue weighted by molar-refractivity contribution is -0.135. The Morgan fingerprint density at radius 2 is 1.88 bits per heavy atom. The number of likely N-dealkylation sites (N-methyl/N-ethyl adjacent to an activating group) is 1. The minimum absolute atomic E-state index is 0.117. The fraction of sp³-hybridized carbons (Fsp3) is 0.667. The van der Waals surface area contributed by atoms with Gasteiger partial charge in [-0.2, -0.15) is 0 Å². The van der Waals surface area contributed by atoms with Gasteiger partial charge in [-0.15, -0.1) is 0 Å². The Balaban J connectivity index is 1.37. The van der Waals surface area contributed by atoms with E-state index in [2.05, 4.69) is 51.3 Å². The molecule has 8 nitrogen and oxygen atoms in total. The van der Waals surface area contributed by atoms with Gasteiger partial charge in [0.2, 0.25) is 11.8 Å². The molecule has 4 rings (SSSR count). The first-order valence-electron chi connectivity index (χ1n) is 11.8. The van der Waals surface area contributed by atoms with Crippen LogP contribution in [0.5, 0.6) is 0 Å². The summed E-state index contributed by atoms with van der Waals surface area (Å²) < 4.78 is 5.35. The second kappa shape index (κ2) is 10.2. The Bertz CT molecular complexity index is 793. The molecule has 0 saturated carbocycles. The van der Waals surface area contributed by atoms with Crippen LogP contribution in [0.1, 0.15) is 24.8 Å². The summed E-state index contributed by atoms with van der Waals surface area (Å²) in [5.41, 5.74) is 2.40. The normalized spacial score (nSPS) is 27.0. The zero-order valence-corrected chi connectivity index (χ0v) is 19.6. The molecule has 0 radical (unpaired) electrons. The molecular formula is C24H37N5O3. The van der Waals surface area contributed by atoms with Gasteiger partial charge in [-0.3, -0.25) is 19.4 Å². The van der Waals surface area contributed by atoms with Gasteiger partial charge in [0.15, 0.2) is 0 Å². The van der Waals surface area contributed by atoms with E-state index in [0.29, 0.717) is 39.3 Å². The highest BCUT2D eigenvalue weighted by atomic mass is 16.5. The van der Waals surface area contributed by atoms with Gasteiger partial charge >= 0.3 is 0 Å². The standard InChI is InChI=1S/C24H37N5O3/c1-26(2)19-6-4-18(5-7-19)17-29-11-10-21-23(29)24(31)25-16-20(27(21)3)8-9-22(30)28-12-14-32-15-13-28/h4-7,20-21,23H,8-17H2,1-3H3,(H,25,31)/t20-,21-,23-/m0/s1. The summed E-state index contributed by atoms with van der Waals surface area (Å²) in [6.45, 7) is 4.91. The molecule has 0 aromatic heterocycles. The van der Waals surface area contributed by atoms with Crippen molar-refractivity contribution in [3.63, 3.8) is 0 Å². The predicted octanol–water partition coefficient (Wildman–Crippen LogP) is 0.765. The summed E-state index contributed by atoms with van der Waals surface area (Å²) in [7, 11) is 6.20. The van der Waals surface area contributed by atoms with Crippen LogP contribution < -0.4 is 10.2 Å². The van der Waals surface area contributed by atoms with Crippen molar-refractivity contribution in [2.45, 2.75) is 43.9 Å². The van der Waals surface area contributed by atoms with Crippen LogP contribution in [0.2, 0.25) is 0 Å². The van der Waals surface area contributed by atoms with Crippen LogP contribution >= 0.6 is 0 Å². The minimum Gasteiger partial charge on any atom is -0.378 e. The summed E-state index contributed by atoms with van der Waals surface area (Å²) in [4.78, 5) is 34.3. The quantitative estimate of drug-likeness (QED) is 0.700. The van der Waals surface area contributed by atoms with Crippen LogP contribution in [0, 0.1) is 0 Å². The van der Waals surface area contributed by atoms with E-state index in [1.807, 2.05) is 19.0 Å². The molecule has 3 aliphatic heterocycles. The lowest BCUT2D eigenvalue weighted by atomic mass is 10.0. The van der Waals surface area contributed by atoms with Crippen molar-refractivity contribution < 1.29 is 14.3 Å². The highest BCUT2D eigenvalue weighted by Gasteiger charge is 2.44. The van der Waals surface area contributed by atoms with Gasteiger partial charge in [-0.05, 0) is 37.6 Å². The topological polar surface area (TPSA) is 68.4 Å². The maximum absolute atomic E-state index is 13.0. The Morgan fingerprint density at radius 1 is 1.16 bits per heavy atom. The number of nitrogens with one attached hydrogen (secondary N) is 1. The van der Waals surface area contributed by atoms with Gasteiger partial charge in [0.05, 0.1) is 13.2 Å². The monoisotopic (exact) mass is 443 g/mol. The van der Waals surface area contributed by atoms with Gasteiger partial charge in [0, 0.05) is 71.0 Å². The number of hydrogen-bond donors (Lipinski definition) is 1. The first kappa shape index (κ1) is 23.0. The summed E-state index contributed by atoms with van der Waals surface area (Å²) in [6, 6.07) is 8.78. The number of amides is 2. The molecule has 0 spiro atoms. The molecule has 0 bridgehead atoms. The first-order chi connectivity index (χ1) is 15.4. The van der Waals surface area contributed by atoms with E-state index < -0.39 is 0 Å². The van der Waals surface area contributed by atoms with Crippen molar-refractivity contribution >= 4 is 17.5 Å². The second-order valence-electron chi connectivity index (χ2n) is 9.43. The number of benzene rings is 1. The van der Waals surface area contributed by atoms with Crippen molar-refractivity contribution in [1.82, 2.24) is 20.0 Å². The molecule has 3 aliphatic rings. The number of anilines is 1.